The smallest absolute Gasteiger partial charge is 0.223 e. The molecule has 1 aromatic rings. The number of piperazine rings is 1. The molecule has 0 aliphatic carbocycles. The number of hydrogen-bond acceptors (Lipinski definition) is 3. The Hall–Kier alpha value is -1.49. The first kappa shape index (κ1) is 14.9. The molecule has 1 aliphatic rings. The molecule has 1 fully saturated rings. The van der Waals surface area contributed by atoms with E-state index in [9.17, 15) is 9.59 Å². The van der Waals surface area contributed by atoms with E-state index in [1.807, 2.05) is 4.90 Å². The van der Waals surface area contributed by atoms with Crippen molar-refractivity contribution >= 4 is 24.1 Å². The van der Waals surface area contributed by atoms with Gasteiger partial charge < -0.3 is 9.80 Å². The molecule has 2 rings (SSSR count). The molecule has 0 atom stereocenters. The lowest BCUT2D eigenvalue weighted by Crippen LogP contribution is -2.48. The van der Waals surface area contributed by atoms with Crippen molar-refractivity contribution in [2.24, 2.45) is 0 Å². The van der Waals surface area contributed by atoms with Crippen LogP contribution in [0, 0.1) is 6.92 Å². The summed E-state index contributed by atoms with van der Waals surface area (Å²) >= 11 is 1.71. The number of nitrogens with zero attached hydrogens (tertiary/aromatic N) is 2. The SMILES string of the molecule is Cc1ccc(SCCC(=O)N2CCN(C=O)CC2)cc1. The quantitative estimate of drug-likeness (QED) is 0.613. The number of carbonyl (C=O) groups excluding carboxylic acids is 2. The second kappa shape index (κ2) is 7.33. The zero-order valence-electron chi connectivity index (χ0n) is 11.7. The summed E-state index contributed by atoms with van der Waals surface area (Å²) in [6.45, 7) is 4.69. The average Bonchev–Trinajstić information content (AvgIpc) is 2.49. The molecule has 0 spiro atoms. The Labute approximate surface area is 124 Å². The van der Waals surface area contributed by atoms with Gasteiger partial charge in [0.15, 0.2) is 0 Å². The standard InChI is InChI=1S/C15H20N2O2S/c1-13-2-4-14(5-3-13)20-11-6-15(19)17-9-7-16(12-18)8-10-17/h2-5,12H,6-11H2,1H3. The summed E-state index contributed by atoms with van der Waals surface area (Å²) < 4.78 is 0. The minimum absolute atomic E-state index is 0.190. The number of carbonyl (C=O) groups is 2. The van der Waals surface area contributed by atoms with E-state index in [1.165, 1.54) is 10.5 Å². The van der Waals surface area contributed by atoms with E-state index in [-0.39, 0.29) is 5.91 Å². The maximum atomic E-state index is 12.0. The fourth-order valence-corrected chi connectivity index (χ4v) is 2.97. The highest BCUT2D eigenvalue weighted by Crippen LogP contribution is 2.19. The summed E-state index contributed by atoms with van der Waals surface area (Å²) in [6, 6.07) is 8.35. The summed E-state index contributed by atoms with van der Waals surface area (Å²) in [4.78, 5) is 27.4. The van der Waals surface area contributed by atoms with Crippen LogP contribution in [0.1, 0.15) is 12.0 Å². The first-order valence-corrected chi connectivity index (χ1v) is 7.84. The van der Waals surface area contributed by atoms with Crippen molar-refractivity contribution in [3.05, 3.63) is 29.8 Å². The van der Waals surface area contributed by atoms with Gasteiger partial charge in [0.25, 0.3) is 0 Å². The average molecular weight is 292 g/mol. The van der Waals surface area contributed by atoms with Crippen molar-refractivity contribution in [2.45, 2.75) is 18.2 Å². The maximum absolute atomic E-state index is 12.0. The molecule has 0 saturated carbocycles. The highest BCUT2D eigenvalue weighted by atomic mass is 32.2. The molecule has 0 radical (unpaired) electrons. The fourth-order valence-electron chi connectivity index (χ4n) is 2.13. The third-order valence-electron chi connectivity index (χ3n) is 3.42. The molecular formula is C15H20N2O2S. The van der Waals surface area contributed by atoms with Crippen molar-refractivity contribution in [1.29, 1.82) is 0 Å². The van der Waals surface area contributed by atoms with Crippen molar-refractivity contribution < 1.29 is 9.59 Å². The van der Waals surface area contributed by atoms with Crippen LogP contribution in [0.3, 0.4) is 0 Å². The maximum Gasteiger partial charge on any atom is 0.223 e. The molecule has 4 nitrogen and oxygen atoms in total. The van der Waals surface area contributed by atoms with E-state index >= 15 is 0 Å². The molecule has 1 aliphatic heterocycles. The van der Waals surface area contributed by atoms with Gasteiger partial charge >= 0.3 is 0 Å². The monoisotopic (exact) mass is 292 g/mol. The van der Waals surface area contributed by atoms with Crippen LogP contribution >= 0.6 is 11.8 Å². The largest absolute Gasteiger partial charge is 0.342 e. The van der Waals surface area contributed by atoms with Gasteiger partial charge in [-0.15, -0.1) is 11.8 Å². The van der Waals surface area contributed by atoms with E-state index < -0.39 is 0 Å². The van der Waals surface area contributed by atoms with Gasteiger partial charge in [0, 0.05) is 43.2 Å². The van der Waals surface area contributed by atoms with Gasteiger partial charge in [-0.3, -0.25) is 9.59 Å². The lowest BCUT2D eigenvalue weighted by atomic mass is 10.2. The van der Waals surface area contributed by atoms with Gasteiger partial charge in [0.05, 0.1) is 0 Å². The summed E-state index contributed by atoms with van der Waals surface area (Å²) in [6.07, 6.45) is 1.41. The molecule has 2 amide bonds. The lowest BCUT2D eigenvalue weighted by Gasteiger charge is -2.32. The number of benzene rings is 1. The van der Waals surface area contributed by atoms with Crippen LogP contribution in [0.25, 0.3) is 0 Å². The van der Waals surface area contributed by atoms with E-state index in [4.69, 9.17) is 0 Å². The van der Waals surface area contributed by atoms with Crippen molar-refractivity contribution in [3.8, 4) is 0 Å². The van der Waals surface area contributed by atoms with Gasteiger partial charge in [-0.2, -0.15) is 0 Å². The van der Waals surface area contributed by atoms with Gasteiger partial charge in [-0.1, -0.05) is 17.7 Å². The van der Waals surface area contributed by atoms with Crippen molar-refractivity contribution in [1.82, 2.24) is 9.80 Å². The van der Waals surface area contributed by atoms with Crippen molar-refractivity contribution in [2.75, 3.05) is 31.9 Å². The Morgan fingerprint density at radius 1 is 1.20 bits per heavy atom. The molecule has 108 valence electrons. The first-order valence-electron chi connectivity index (χ1n) is 6.85. The fraction of sp³-hybridized carbons (Fsp3) is 0.467. The number of hydrogen-bond donors (Lipinski definition) is 0. The van der Waals surface area contributed by atoms with E-state index in [2.05, 4.69) is 31.2 Å². The van der Waals surface area contributed by atoms with Crippen LogP contribution in [0.4, 0.5) is 0 Å². The topological polar surface area (TPSA) is 40.6 Å². The van der Waals surface area contributed by atoms with E-state index in [0.29, 0.717) is 32.6 Å². The predicted molar refractivity (Wildman–Crippen MR) is 80.7 cm³/mol. The summed E-state index contributed by atoms with van der Waals surface area (Å²) in [5, 5.41) is 0. The summed E-state index contributed by atoms with van der Waals surface area (Å²) in [5.74, 6) is 0.991. The van der Waals surface area contributed by atoms with Crippen LogP contribution in [0.2, 0.25) is 0 Å². The molecule has 20 heavy (non-hydrogen) atoms. The highest BCUT2D eigenvalue weighted by Gasteiger charge is 2.19. The molecule has 5 heteroatoms. The van der Waals surface area contributed by atoms with E-state index in [0.717, 1.165) is 12.2 Å². The Morgan fingerprint density at radius 2 is 1.85 bits per heavy atom. The van der Waals surface area contributed by atoms with Crippen LogP contribution < -0.4 is 0 Å². The molecular weight excluding hydrogens is 272 g/mol. The Kier molecular flexibility index (Phi) is 5.47. The number of amides is 2. The van der Waals surface area contributed by atoms with Gasteiger partial charge in [-0.05, 0) is 19.1 Å². The second-order valence-electron chi connectivity index (χ2n) is 4.93. The normalized spacial score (nSPS) is 15.2. The van der Waals surface area contributed by atoms with Crippen LogP contribution in [-0.4, -0.2) is 54.0 Å². The second-order valence-corrected chi connectivity index (χ2v) is 6.10. The lowest BCUT2D eigenvalue weighted by molar-refractivity contribution is -0.134. The van der Waals surface area contributed by atoms with Crippen LogP contribution in [-0.2, 0) is 9.59 Å². The minimum Gasteiger partial charge on any atom is -0.342 e. The van der Waals surface area contributed by atoms with Gasteiger partial charge in [0.1, 0.15) is 0 Å². The number of rotatable bonds is 5. The molecule has 0 bridgehead atoms. The number of thioether (sulfide) groups is 1. The van der Waals surface area contributed by atoms with Crippen molar-refractivity contribution in [3.63, 3.8) is 0 Å². The highest BCUT2D eigenvalue weighted by molar-refractivity contribution is 7.99. The van der Waals surface area contributed by atoms with E-state index in [1.54, 1.807) is 16.7 Å². The third-order valence-corrected chi connectivity index (χ3v) is 4.44. The molecule has 1 saturated heterocycles. The van der Waals surface area contributed by atoms with Crippen LogP contribution in [0.5, 0.6) is 0 Å². The zero-order valence-corrected chi connectivity index (χ0v) is 12.6. The molecule has 1 aromatic carbocycles. The summed E-state index contributed by atoms with van der Waals surface area (Å²) in [5.41, 5.74) is 1.25. The first-order chi connectivity index (χ1) is 9.69. The Balaban J connectivity index is 1.70. The Morgan fingerprint density at radius 3 is 2.45 bits per heavy atom. The molecule has 0 N–H and O–H groups in total. The third kappa shape index (κ3) is 4.27. The number of aryl methyl sites for hydroxylation is 1. The molecule has 1 heterocycles. The molecule has 0 aromatic heterocycles. The van der Waals surface area contributed by atoms with Gasteiger partial charge in [-0.25, -0.2) is 0 Å². The minimum atomic E-state index is 0.190. The Bertz CT molecular complexity index is 453. The zero-order chi connectivity index (χ0) is 14.4. The predicted octanol–water partition coefficient (Wildman–Crippen LogP) is 1.78. The van der Waals surface area contributed by atoms with Gasteiger partial charge in [0.2, 0.25) is 12.3 Å². The molecule has 0 unspecified atom stereocenters. The summed E-state index contributed by atoms with van der Waals surface area (Å²) in [7, 11) is 0. The van der Waals surface area contributed by atoms with Crippen LogP contribution in [0.15, 0.2) is 29.2 Å².